The summed E-state index contributed by atoms with van der Waals surface area (Å²) in [6.45, 7) is 0. The molecular formula is C36H22O8. The summed E-state index contributed by atoms with van der Waals surface area (Å²) in [4.78, 5) is 0. The molecule has 0 unspecified atom stereocenters. The Morgan fingerprint density at radius 3 is 1.41 bits per heavy atom. The standard InChI is InChI=1S/C36H22O8/c37-28-25(29(38)33(42)35-26(28)27-30(39)31(40)32(41)34(43)36(27)44-35)24-21-13-5-3-11-19(21)23(20-12-4-6-14-22(20)24)18-15-7-9-16-8-1-2-10-17(16)18/h1-15,37-43H. The Kier molecular flexibility index (Phi) is 5.12. The topological polar surface area (TPSA) is 155 Å². The average molecular weight is 583 g/mol. The van der Waals surface area contributed by atoms with Gasteiger partial charge in [0.15, 0.2) is 22.7 Å². The Hall–Kier alpha value is -6.28. The van der Waals surface area contributed by atoms with Crippen molar-refractivity contribution in [2.45, 2.75) is 0 Å². The molecule has 0 aliphatic carbocycles. The van der Waals surface area contributed by atoms with E-state index in [-0.39, 0.29) is 16.3 Å². The van der Waals surface area contributed by atoms with Gasteiger partial charge in [-0.3, -0.25) is 0 Å². The van der Waals surface area contributed by atoms with E-state index in [1.165, 1.54) is 0 Å². The number of benzene rings is 7. The lowest BCUT2D eigenvalue weighted by Crippen LogP contribution is -1.93. The minimum absolute atomic E-state index is 0.152. The second kappa shape index (κ2) is 8.86. The van der Waals surface area contributed by atoms with Gasteiger partial charge in [0.25, 0.3) is 0 Å². The van der Waals surface area contributed by atoms with Crippen LogP contribution in [0, 0.1) is 0 Å². The summed E-state index contributed by atoms with van der Waals surface area (Å²) >= 11 is 0. The summed E-state index contributed by atoms with van der Waals surface area (Å²) in [6.07, 6.45) is 0. The van der Waals surface area contributed by atoms with Crippen LogP contribution >= 0.6 is 0 Å². The number of hydrogen-bond acceptors (Lipinski definition) is 8. The van der Waals surface area contributed by atoms with E-state index in [2.05, 4.69) is 12.1 Å². The third kappa shape index (κ3) is 3.16. The van der Waals surface area contributed by atoms with Crippen LogP contribution in [0.15, 0.2) is 95.4 Å². The number of rotatable bonds is 2. The van der Waals surface area contributed by atoms with Crippen LogP contribution in [0.25, 0.3) is 76.5 Å². The number of phenols is 7. The molecule has 8 rings (SSSR count). The Bertz CT molecular complexity index is 2460. The fourth-order valence-electron chi connectivity index (χ4n) is 6.50. The van der Waals surface area contributed by atoms with Gasteiger partial charge in [-0.05, 0) is 43.4 Å². The van der Waals surface area contributed by atoms with Gasteiger partial charge in [0.05, 0.1) is 16.3 Å². The Morgan fingerprint density at radius 2 is 0.795 bits per heavy atom. The van der Waals surface area contributed by atoms with Gasteiger partial charge in [0, 0.05) is 5.56 Å². The predicted octanol–water partition coefficient (Wildman–Crippen LogP) is 8.32. The maximum atomic E-state index is 11.8. The minimum Gasteiger partial charge on any atom is -0.506 e. The molecular weight excluding hydrogens is 560 g/mol. The highest BCUT2D eigenvalue weighted by Crippen LogP contribution is 2.60. The fraction of sp³-hybridized carbons (Fsp3) is 0. The third-order valence-corrected chi connectivity index (χ3v) is 8.42. The lowest BCUT2D eigenvalue weighted by atomic mass is 9.84. The summed E-state index contributed by atoms with van der Waals surface area (Å²) in [5.41, 5.74) is 1.21. The first kappa shape index (κ1) is 25.4. The number of aromatic hydroxyl groups is 7. The zero-order chi connectivity index (χ0) is 30.4. The molecule has 0 spiro atoms. The van der Waals surface area contributed by atoms with E-state index in [1.807, 2.05) is 78.9 Å². The first-order valence-corrected chi connectivity index (χ1v) is 13.7. The quantitative estimate of drug-likeness (QED) is 0.0610. The lowest BCUT2D eigenvalue weighted by Gasteiger charge is -2.20. The molecule has 0 aliphatic heterocycles. The molecule has 7 N–H and O–H groups in total. The molecule has 0 amide bonds. The summed E-state index contributed by atoms with van der Waals surface area (Å²) < 4.78 is 5.52. The first-order chi connectivity index (χ1) is 21.3. The van der Waals surface area contributed by atoms with Crippen LogP contribution < -0.4 is 0 Å². The molecule has 0 saturated heterocycles. The van der Waals surface area contributed by atoms with Gasteiger partial charge < -0.3 is 40.2 Å². The summed E-state index contributed by atoms with van der Waals surface area (Å²) in [5.74, 6) is -5.94. The second-order valence-corrected chi connectivity index (χ2v) is 10.7. The molecule has 7 aromatic carbocycles. The molecule has 44 heavy (non-hydrogen) atoms. The first-order valence-electron chi connectivity index (χ1n) is 13.7. The Balaban J connectivity index is 1.58. The maximum absolute atomic E-state index is 11.8. The third-order valence-electron chi connectivity index (χ3n) is 8.42. The van der Waals surface area contributed by atoms with Gasteiger partial charge in [0.1, 0.15) is 5.75 Å². The van der Waals surface area contributed by atoms with Crippen molar-refractivity contribution < 1.29 is 40.2 Å². The normalized spacial score (nSPS) is 11.8. The van der Waals surface area contributed by atoms with Crippen LogP contribution in [0.5, 0.6) is 40.2 Å². The molecule has 0 fully saturated rings. The highest BCUT2D eigenvalue weighted by Gasteiger charge is 2.32. The van der Waals surface area contributed by atoms with Crippen molar-refractivity contribution >= 4 is 54.3 Å². The van der Waals surface area contributed by atoms with Crippen LogP contribution in [0.1, 0.15) is 0 Å². The summed E-state index contributed by atoms with van der Waals surface area (Å²) in [5, 5.41) is 80.5. The van der Waals surface area contributed by atoms with E-state index in [4.69, 9.17) is 4.42 Å². The summed E-state index contributed by atoms with van der Waals surface area (Å²) in [6, 6.07) is 29.2. The minimum atomic E-state index is -1.04. The average Bonchev–Trinajstić information content (AvgIpc) is 3.46. The van der Waals surface area contributed by atoms with Crippen molar-refractivity contribution in [2.75, 3.05) is 0 Å². The largest absolute Gasteiger partial charge is 0.506 e. The van der Waals surface area contributed by atoms with E-state index >= 15 is 0 Å². The number of fused-ring (bicyclic) bond motifs is 6. The number of furan rings is 1. The number of hydrogen-bond donors (Lipinski definition) is 7. The van der Waals surface area contributed by atoms with Gasteiger partial charge >= 0.3 is 0 Å². The van der Waals surface area contributed by atoms with Crippen LogP contribution in [-0.4, -0.2) is 35.7 Å². The Morgan fingerprint density at radius 1 is 0.341 bits per heavy atom. The van der Waals surface area contributed by atoms with Crippen LogP contribution in [0.4, 0.5) is 0 Å². The van der Waals surface area contributed by atoms with E-state index in [9.17, 15) is 35.7 Å². The van der Waals surface area contributed by atoms with Gasteiger partial charge in [-0.25, -0.2) is 0 Å². The van der Waals surface area contributed by atoms with Crippen molar-refractivity contribution in [1.29, 1.82) is 0 Å². The summed E-state index contributed by atoms with van der Waals surface area (Å²) in [7, 11) is 0. The highest BCUT2D eigenvalue weighted by molar-refractivity contribution is 6.27. The lowest BCUT2D eigenvalue weighted by molar-refractivity contribution is 0.348. The maximum Gasteiger partial charge on any atom is 0.208 e. The van der Waals surface area contributed by atoms with Gasteiger partial charge in [-0.15, -0.1) is 0 Å². The van der Waals surface area contributed by atoms with Gasteiger partial charge in [-0.1, -0.05) is 91.0 Å². The SMILES string of the molecule is Oc1c(O)c(O)c2c(oc3c(O)c(O)c(-c4c5ccccc5c(-c5cccc6ccccc56)c5ccccc45)c(O)c32)c1O. The van der Waals surface area contributed by atoms with Crippen LogP contribution in [0.3, 0.4) is 0 Å². The van der Waals surface area contributed by atoms with Gasteiger partial charge in [0.2, 0.25) is 23.0 Å². The van der Waals surface area contributed by atoms with Gasteiger partial charge in [-0.2, -0.15) is 0 Å². The molecule has 0 bridgehead atoms. The van der Waals surface area contributed by atoms with E-state index in [1.54, 1.807) is 0 Å². The molecule has 8 aromatic rings. The number of phenolic OH excluding ortho intramolecular Hbond substituents is 7. The van der Waals surface area contributed by atoms with E-state index in [0.717, 1.165) is 32.7 Å². The van der Waals surface area contributed by atoms with Crippen LogP contribution in [-0.2, 0) is 0 Å². The monoisotopic (exact) mass is 582 g/mol. The molecule has 1 heterocycles. The zero-order valence-electron chi connectivity index (χ0n) is 22.7. The van der Waals surface area contributed by atoms with Crippen molar-refractivity contribution in [3.8, 4) is 62.5 Å². The highest BCUT2D eigenvalue weighted by atomic mass is 16.4. The van der Waals surface area contributed by atoms with Crippen molar-refractivity contribution in [3.05, 3.63) is 91.0 Å². The molecule has 0 aliphatic rings. The van der Waals surface area contributed by atoms with E-state index in [0.29, 0.717) is 16.3 Å². The molecule has 214 valence electrons. The van der Waals surface area contributed by atoms with Crippen molar-refractivity contribution in [3.63, 3.8) is 0 Å². The molecule has 0 radical (unpaired) electrons. The van der Waals surface area contributed by atoms with E-state index < -0.39 is 51.4 Å². The second-order valence-electron chi connectivity index (χ2n) is 10.7. The zero-order valence-corrected chi connectivity index (χ0v) is 22.7. The molecule has 0 atom stereocenters. The van der Waals surface area contributed by atoms with Crippen LogP contribution in [0.2, 0.25) is 0 Å². The van der Waals surface area contributed by atoms with Crippen molar-refractivity contribution in [1.82, 2.24) is 0 Å². The molecule has 8 nitrogen and oxygen atoms in total. The van der Waals surface area contributed by atoms with Crippen molar-refractivity contribution in [2.24, 2.45) is 0 Å². The fourth-order valence-corrected chi connectivity index (χ4v) is 6.50. The molecule has 0 saturated carbocycles. The molecule has 8 heteroatoms. The predicted molar refractivity (Wildman–Crippen MR) is 169 cm³/mol. The molecule has 1 aromatic heterocycles. The smallest absolute Gasteiger partial charge is 0.208 e. The Labute approximate surface area is 247 Å².